The van der Waals surface area contributed by atoms with Gasteiger partial charge in [-0.25, -0.2) is 0 Å². The van der Waals surface area contributed by atoms with E-state index in [-0.39, 0.29) is 5.91 Å². The number of carbonyl (C=O) groups excluding carboxylic acids is 1. The Morgan fingerprint density at radius 3 is 2.95 bits per heavy atom. The van der Waals surface area contributed by atoms with Crippen molar-refractivity contribution in [2.24, 2.45) is 5.73 Å². The molecule has 0 aliphatic heterocycles. The molecule has 0 fully saturated rings. The van der Waals surface area contributed by atoms with Crippen LogP contribution in [0.15, 0.2) is 36.5 Å². The third-order valence-electron chi connectivity index (χ3n) is 3.62. The summed E-state index contributed by atoms with van der Waals surface area (Å²) in [6.45, 7) is 2.69. The highest BCUT2D eigenvalue weighted by Gasteiger charge is 2.12. The number of carbonyl (C=O) groups is 1. The standard InChI is InChI=1S/C17H23N3O/c1-2-3-9-15(18)17(21)20-12-10-14-7-4-6-13-8-5-11-19-16(13)14/h4-8,11,15H,2-3,9-10,12,18H2,1H3,(H,20,21). The maximum absolute atomic E-state index is 11.9. The van der Waals surface area contributed by atoms with Crippen molar-refractivity contribution in [1.29, 1.82) is 0 Å². The van der Waals surface area contributed by atoms with Crippen LogP contribution in [0.25, 0.3) is 10.9 Å². The molecule has 0 aliphatic rings. The topological polar surface area (TPSA) is 68.0 Å². The fourth-order valence-corrected chi connectivity index (χ4v) is 2.38. The first-order valence-corrected chi connectivity index (χ1v) is 7.58. The van der Waals surface area contributed by atoms with Gasteiger partial charge in [-0.3, -0.25) is 9.78 Å². The van der Waals surface area contributed by atoms with E-state index in [1.807, 2.05) is 24.3 Å². The van der Waals surface area contributed by atoms with E-state index in [4.69, 9.17) is 5.73 Å². The second kappa shape index (κ2) is 7.74. The SMILES string of the molecule is CCCCC(N)C(=O)NCCc1cccc2cccnc12. The zero-order chi connectivity index (χ0) is 15.1. The molecule has 1 aromatic heterocycles. The van der Waals surface area contributed by atoms with Crippen LogP contribution in [0.4, 0.5) is 0 Å². The molecule has 2 rings (SSSR count). The van der Waals surface area contributed by atoms with Gasteiger partial charge < -0.3 is 11.1 Å². The van der Waals surface area contributed by atoms with Gasteiger partial charge in [0.2, 0.25) is 5.91 Å². The lowest BCUT2D eigenvalue weighted by Crippen LogP contribution is -2.41. The number of hydrogen-bond donors (Lipinski definition) is 2. The van der Waals surface area contributed by atoms with Crippen molar-refractivity contribution >= 4 is 16.8 Å². The third kappa shape index (κ3) is 4.26. The fourth-order valence-electron chi connectivity index (χ4n) is 2.38. The molecule has 1 aromatic carbocycles. The molecule has 0 saturated carbocycles. The molecular weight excluding hydrogens is 262 g/mol. The average molecular weight is 285 g/mol. The fraction of sp³-hybridized carbons (Fsp3) is 0.412. The van der Waals surface area contributed by atoms with Gasteiger partial charge in [0.1, 0.15) is 0 Å². The molecule has 1 amide bonds. The quantitative estimate of drug-likeness (QED) is 0.821. The van der Waals surface area contributed by atoms with Gasteiger partial charge in [0.25, 0.3) is 0 Å². The summed E-state index contributed by atoms with van der Waals surface area (Å²) in [6, 6.07) is 9.71. The molecule has 112 valence electrons. The van der Waals surface area contributed by atoms with Crippen LogP contribution in [0.3, 0.4) is 0 Å². The number of unbranched alkanes of at least 4 members (excludes halogenated alkanes) is 1. The van der Waals surface area contributed by atoms with Gasteiger partial charge >= 0.3 is 0 Å². The van der Waals surface area contributed by atoms with Crippen LogP contribution < -0.4 is 11.1 Å². The minimum atomic E-state index is -0.393. The van der Waals surface area contributed by atoms with Crippen molar-refractivity contribution in [3.8, 4) is 0 Å². The number of amides is 1. The molecule has 4 nitrogen and oxygen atoms in total. The van der Waals surface area contributed by atoms with E-state index in [1.54, 1.807) is 6.20 Å². The molecule has 21 heavy (non-hydrogen) atoms. The Balaban J connectivity index is 1.89. The zero-order valence-electron chi connectivity index (χ0n) is 12.5. The average Bonchev–Trinajstić information content (AvgIpc) is 2.52. The molecule has 1 atom stereocenters. The van der Waals surface area contributed by atoms with Crippen LogP contribution in [0.1, 0.15) is 31.7 Å². The zero-order valence-corrected chi connectivity index (χ0v) is 12.5. The van der Waals surface area contributed by atoms with E-state index in [0.29, 0.717) is 6.54 Å². The maximum atomic E-state index is 11.9. The first-order chi connectivity index (χ1) is 10.2. The Kier molecular flexibility index (Phi) is 5.69. The van der Waals surface area contributed by atoms with E-state index >= 15 is 0 Å². The van der Waals surface area contributed by atoms with Crippen LogP contribution in [0, 0.1) is 0 Å². The van der Waals surface area contributed by atoms with Crippen molar-refractivity contribution in [2.45, 2.75) is 38.6 Å². The number of nitrogens with zero attached hydrogens (tertiary/aromatic N) is 1. The molecule has 4 heteroatoms. The van der Waals surface area contributed by atoms with Gasteiger partial charge in [-0.15, -0.1) is 0 Å². The molecule has 1 heterocycles. The summed E-state index contributed by atoms with van der Waals surface area (Å²) in [4.78, 5) is 16.3. The summed E-state index contributed by atoms with van der Waals surface area (Å²) >= 11 is 0. The van der Waals surface area contributed by atoms with Crippen molar-refractivity contribution < 1.29 is 4.79 Å². The number of hydrogen-bond acceptors (Lipinski definition) is 3. The number of benzene rings is 1. The molecule has 0 saturated heterocycles. The molecule has 0 bridgehead atoms. The Bertz CT molecular complexity index is 592. The Hall–Kier alpha value is -1.94. The number of fused-ring (bicyclic) bond motifs is 1. The maximum Gasteiger partial charge on any atom is 0.236 e. The number of nitrogens with one attached hydrogen (secondary N) is 1. The number of nitrogens with two attached hydrogens (primary N) is 1. The second-order valence-corrected chi connectivity index (χ2v) is 5.28. The lowest BCUT2D eigenvalue weighted by atomic mass is 10.1. The largest absolute Gasteiger partial charge is 0.354 e. The molecule has 0 spiro atoms. The van der Waals surface area contributed by atoms with E-state index in [0.717, 1.165) is 42.1 Å². The van der Waals surface area contributed by atoms with Crippen LogP contribution in [-0.4, -0.2) is 23.5 Å². The summed E-state index contributed by atoms with van der Waals surface area (Å²) in [5.74, 6) is -0.0587. The smallest absolute Gasteiger partial charge is 0.236 e. The minimum absolute atomic E-state index is 0.0587. The summed E-state index contributed by atoms with van der Waals surface area (Å²) in [6.07, 6.45) is 5.36. The van der Waals surface area contributed by atoms with E-state index in [2.05, 4.69) is 23.3 Å². The van der Waals surface area contributed by atoms with Gasteiger partial charge in [-0.1, -0.05) is 44.0 Å². The lowest BCUT2D eigenvalue weighted by Gasteiger charge is -2.12. The van der Waals surface area contributed by atoms with Crippen LogP contribution >= 0.6 is 0 Å². The molecule has 0 aliphatic carbocycles. The predicted molar refractivity (Wildman–Crippen MR) is 86.0 cm³/mol. The van der Waals surface area contributed by atoms with Gasteiger partial charge in [-0.05, 0) is 24.5 Å². The summed E-state index contributed by atoms with van der Waals surface area (Å²) < 4.78 is 0. The van der Waals surface area contributed by atoms with E-state index in [9.17, 15) is 4.79 Å². The Morgan fingerprint density at radius 2 is 2.14 bits per heavy atom. The minimum Gasteiger partial charge on any atom is -0.354 e. The molecular formula is C17H23N3O. The number of para-hydroxylation sites is 1. The lowest BCUT2D eigenvalue weighted by molar-refractivity contribution is -0.122. The normalized spacial score (nSPS) is 12.3. The first kappa shape index (κ1) is 15.4. The number of aromatic nitrogens is 1. The van der Waals surface area contributed by atoms with Gasteiger partial charge in [0.05, 0.1) is 11.6 Å². The molecule has 3 N–H and O–H groups in total. The summed E-state index contributed by atoms with van der Waals surface area (Å²) in [5.41, 5.74) is 8.00. The van der Waals surface area contributed by atoms with Crippen molar-refractivity contribution in [3.63, 3.8) is 0 Å². The Labute approximate surface area is 125 Å². The Morgan fingerprint density at radius 1 is 1.33 bits per heavy atom. The van der Waals surface area contributed by atoms with Gasteiger partial charge in [-0.2, -0.15) is 0 Å². The molecule has 1 unspecified atom stereocenters. The van der Waals surface area contributed by atoms with Gasteiger partial charge in [0.15, 0.2) is 0 Å². The molecule has 2 aromatic rings. The highest BCUT2D eigenvalue weighted by Crippen LogP contribution is 2.15. The second-order valence-electron chi connectivity index (χ2n) is 5.28. The number of pyridine rings is 1. The van der Waals surface area contributed by atoms with E-state index < -0.39 is 6.04 Å². The highest BCUT2D eigenvalue weighted by molar-refractivity contribution is 5.82. The first-order valence-electron chi connectivity index (χ1n) is 7.58. The van der Waals surface area contributed by atoms with Crippen LogP contribution in [0.5, 0.6) is 0 Å². The summed E-state index contributed by atoms with van der Waals surface area (Å²) in [7, 11) is 0. The van der Waals surface area contributed by atoms with Crippen LogP contribution in [-0.2, 0) is 11.2 Å². The van der Waals surface area contributed by atoms with Crippen molar-refractivity contribution in [2.75, 3.05) is 6.54 Å². The molecule has 0 radical (unpaired) electrons. The van der Waals surface area contributed by atoms with Crippen molar-refractivity contribution in [1.82, 2.24) is 10.3 Å². The van der Waals surface area contributed by atoms with Gasteiger partial charge in [0, 0.05) is 18.1 Å². The summed E-state index contributed by atoms with van der Waals surface area (Å²) in [5, 5.41) is 4.04. The van der Waals surface area contributed by atoms with E-state index in [1.165, 1.54) is 0 Å². The third-order valence-corrected chi connectivity index (χ3v) is 3.62. The number of rotatable bonds is 7. The monoisotopic (exact) mass is 285 g/mol. The highest BCUT2D eigenvalue weighted by atomic mass is 16.2. The predicted octanol–water partition coefficient (Wildman–Crippen LogP) is 2.41. The van der Waals surface area contributed by atoms with Crippen molar-refractivity contribution in [3.05, 3.63) is 42.1 Å². The van der Waals surface area contributed by atoms with Crippen LogP contribution in [0.2, 0.25) is 0 Å².